The Bertz CT molecular complexity index is 1280. The molecule has 3 aromatic rings. The van der Waals surface area contributed by atoms with E-state index in [4.69, 9.17) is 24.4 Å². The van der Waals surface area contributed by atoms with Crippen LogP contribution < -0.4 is 15.1 Å². The molecule has 0 aliphatic carbocycles. The number of ether oxygens (including phenoxy) is 2. The van der Waals surface area contributed by atoms with Crippen LogP contribution >= 0.6 is 0 Å². The fourth-order valence-corrected chi connectivity index (χ4v) is 5.62. The first kappa shape index (κ1) is 23.1. The highest BCUT2D eigenvalue weighted by Gasteiger charge is 2.35. The Hall–Kier alpha value is -3.30. The molecule has 0 spiro atoms. The predicted octanol–water partition coefficient (Wildman–Crippen LogP) is 3.03. The van der Waals surface area contributed by atoms with Crippen LogP contribution in [-0.4, -0.2) is 78.5 Å². The molecule has 2 unspecified atom stereocenters. The van der Waals surface area contributed by atoms with E-state index in [1.54, 1.807) is 13.1 Å². The van der Waals surface area contributed by atoms with Crippen molar-refractivity contribution in [1.29, 1.82) is 0 Å². The van der Waals surface area contributed by atoms with E-state index < -0.39 is 0 Å². The highest BCUT2D eigenvalue weighted by Crippen LogP contribution is 2.33. The molecule has 0 radical (unpaired) electrons. The fraction of sp³-hybridized carbons (Fsp3) is 0.481. The quantitative estimate of drug-likeness (QED) is 0.599. The van der Waals surface area contributed by atoms with Crippen molar-refractivity contribution in [1.82, 2.24) is 20.3 Å². The van der Waals surface area contributed by atoms with E-state index >= 15 is 0 Å². The van der Waals surface area contributed by atoms with E-state index in [2.05, 4.69) is 35.0 Å². The van der Waals surface area contributed by atoms with Crippen molar-refractivity contribution in [3.8, 4) is 11.3 Å². The number of carbonyl (C=O) groups is 1. The zero-order chi connectivity index (χ0) is 24.8. The van der Waals surface area contributed by atoms with E-state index in [0.29, 0.717) is 17.2 Å². The predicted molar refractivity (Wildman–Crippen MR) is 138 cm³/mol. The van der Waals surface area contributed by atoms with Crippen LogP contribution in [0.4, 0.5) is 11.8 Å². The summed E-state index contributed by atoms with van der Waals surface area (Å²) in [7, 11) is 1.63. The molecule has 2 bridgehead atoms. The number of rotatable bonds is 4. The van der Waals surface area contributed by atoms with Gasteiger partial charge in [-0.25, -0.2) is 4.98 Å². The van der Waals surface area contributed by atoms with Gasteiger partial charge in [0.15, 0.2) is 5.65 Å². The molecule has 9 heteroatoms. The molecule has 1 amide bonds. The SMILES string of the molecule is CNC(=O)c1cccc(-c2ccc3c(N4C[C@@H](C)O[C@@H](C)C4)nc(N4CC5CCC(C4)O5)nc3n2)c1. The zero-order valence-corrected chi connectivity index (χ0v) is 21.0. The lowest BCUT2D eigenvalue weighted by Gasteiger charge is -2.37. The van der Waals surface area contributed by atoms with Crippen molar-refractivity contribution in [2.45, 2.75) is 51.1 Å². The Balaban J connectivity index is 1.45. The number of nitrogens with zero attached hydrogens (tertiary/aromatic N) is 5. The summed E-state index contributed by atoms with van der Waals surface area (Å²) in [5.74, 6) is 1.48. The average Bonchev–Trinajstić information content (AvgIpc) is 3.23. The molecule has 6 rings (SSSR count). The number of hydrogen-bond acceptors (Lipinski definition) is 8. The molecule has 1 aromatic carbocycles. The first-order chi connectivity index (χ1) is 17.5. The van der Waals surface area contributed by atoms with E-state index in [9.17, 15) is 4.79 Å². The minimum atomic E-state index is -0.123. The second-order valence-electron chi connectivity index (χ2n) is 10.1. The van der Waals surface area contributed by atoms with Crippen LogP contribution in [0.3, 0.4) is 0 Å². The average molecular weight is 489 g/mol. The second-order valence-corrected chi connectivity index (χ2v) is 10.1. The number of hydrogen-bond donors (Lipinski definition) is 1. The summed E-state index contributed by atoms with van der Waals surface area (Å²) < 4.78 is 12.0. The lowest BCUT2D eigenvalue weighted by atomic mass is 10.1. The number of fused-ring (bicyclic) bond motifs is 3. The number of amides is 1. The van der Waals surface area contributed by atoms with Gasteiger partial charge in [-0.05, 0) is 51.0 Å². The lowest BCUT2D eigenvalue weighted by Crippen LogP contribution is -2.46. The molecule has 1 N–H and O–H groups in total. The maximum atomic E-state index is 12.2. The van der Waals surface area contributed by atoms with Gasteiger partial charge in [0.1, 0.15) is 5.82 Å². The van der Waals surface area contributed by atoms with Crippen molar-refractivity contribution in [2.24, 2.45) is 0 Å². The Labute approximate surface area is 210 Å². The summed E-state index contributed by atoms with van der Waals surface area (Å²) >= 11 is 0. The summed E-state index contributed by atoms with van der Waals surface area (Å²) in [5.41, 5.74) is 2.90. The number of carbonyl (C=O) groups excluding carboxylic acids is 1. The fourth-order valence-electron chi connectivity index (χ4n) is 5.62. The van der Waals surface area contributed by atoms with Gasteiger partial charge in [-0.3, -0.25) is 4.79 Å². The highest BCUT2D eigenvalue weighted by atomic mass is 16.5. The van der Waals surface area contributed by atoms with Crippen LogP contribution in [0.25, 0.3) is 22.3 Å². The largest absolute Gasteiger partial charge is 0.372 e. The van der Waals surface area contributed by atoms with Crippen LogP contribution in [0.15, 0.2) is 36.4 Å². The van der Waals surface area contributed by atoms with Gasteiger partial charge in [-0.2, -0.15) is 9.97 Å². The third kappa shape index (κ3) is 4.37. The van der Waals surface area contributed by atoms with Crippen molar-refractivity contribution < 1.29 is 14.3 Å². The Morgan fingerprint density at radius 2 is 1.67 bits per heavy atom. The maximum absolute atomic E-state index is 12.2. The minimum absolute atomic E-state index is 0.112. The molecule has 3 aliphatic heterocycles. The van der Waals surface area contributed by atoms with E-state index in [1.165, 1.54) is 0 Å². The maximum Gasteiger partial charge on any atom is 0.251 e. The molecule has 0 saturated carbocycles. The molecule has 36 heavy (non-hydrogen) atoms. The van der Waals surface area contributed by atoms with Gasteiger partial charge in [-0.15, -0.1) is 0 Å². The molecule has 188 valence electrons. The first-order valence-electron chi connectivity index (χ1n) is 12.8. The standard InChI is InChI=1S/C27H32N6O3/c1-16-12-32(13-17(2)35-16)25-22-9-10-23(18-5-4-6-19(11-18)26(34)28-3)29-24(22)30-27(31-25)33-14-20-7-8-21(15-33)36-20/h4-6,9-11,16-17,20-21H,7-8,12-15H2,1-3H3,(H,28,34)/t16-,17+,20?,21?. The smallest absolute Gasteiger partial charge is 0.251 e. The van der Waals surface area contributed by atoms with E-state index in [0.717, 1.165) is 61.5 Å². The molecule has 3 fully saturated rings. The molecule has 5 heterocycles. The Morgan fingerprint density at radius 1 is 0.917 bits per heavy atom. The molecule has 4 atom stereocenters. The van der Waals surface area contributed by atoms with Gasteiger partial charge in [0, 0.05) is 44.4 Å². The van der Waals surface area contributed by atoms with Gasteiger partial charge < -0.3 is 24.6 Å². The van der Waals surface area contributed by atoms with Gasteiger partial charge in [0.2, 0.25) is 5.95 Å². The van der Waals surface area contributed by atoms with Crippen molar-refractivity contribution in [3.05, 3.63) is 42.0 Å². The normalized spacial score (nSPS) is 25.9. The van der Waals surface area contributed by atoms with Gasteiger partial charge in [0.05, 0.1) is 35.5 Å². The molecular formula is C27H32N6O3. The van der Waals surface area contributed by atoms with Gasteiger partial charge in [0.25, 0.3) is 5.91 Å². The first-order valence-corrected chi connectivity index (χ1v) is 12.8. The second kappa shape index (κ2) is 9.29. The van der Waals surface area contributed by atoms with Gasteiger partial charge >= 0.3 is 0 Å². The molecule has 9 nitrogen and oxygen atoms in total. The minimum Gasteiger partial charge on any atom is -0.372 e. The van der Waals surface area contributed by atoms with Crippen molar-refractivity contribution in [2.75, 3.05) is 43.0 Å². The number of anilines is 2. The van der Waals surface area contributed by atoms with Crippen LogP contribution in [0.2, 0.25) is 0 Å². The summed E-state index contributed by atoms with van der Waals surface area (Å²) in [6, 6.07) is 11.5. The van der Waals surface area contributed by atoms with Crippen molar-refractivity contribution >= 4 is 28.7 Å². The molecule has 3 aliphatic rings. The van der Waals surface area contributed by atoms with Crippen LogP contribution in [0.5, 0.6) is 0 Å². The Kier molecular flexibility index (Phi) is 5.97. The summed E-state index contributed by atoms with van der Waals surface area (Å²) in [5, 5.41) is 3.60. The van der Waals surface area contributed by atoms with Gasteiger partial charge in [-0.1, -0.05) is 12.1 Å². The number of benzene rings is 1. The van der Waals surface area contributed by atoms with E-state index in [1.807, 2.05) is 24.3 Å². The van der Waals surface area contributed by atoms with Crippen molar-refractivity contribution in [3.63, 3.8) is 0 Å². The monoisotopic (exact) mass is 488 g/mol. The van der Waals surface area contributed by atoms with E-state index in [-0.39, 0.29) is 30.3 Å². The summed E-state index contributed by atoms with van der Waals surface area (Å²) in [6.07, 6.45) is 2.87. The van der Waals surface area contributed by atoms with Crippen LogP contribution in [0.1, 0.15) is 37.0 Å². The zero-order valence-electron chi connectivity index (χ0n) is 21.0. The molecular weight excluding hydrogens is 456 g/mol. The topological polar surface area (TPSA) is 92.7 Å². The van der Waals surface area contributed by atoms with Crippen LogP contribution in [0, 0.1) is 0 Å². The lowest BCUT2D eigenvalue weighted by molar-refractivity contribution is -0.00537. The summed E-state index contributed by atoms with van der Waals surface area (Å²) in [6.45, 7) is 7.32. The number of morpholine rings is 2. The molecule has 3 saturated heterocycles. The number of pyridine rings is 1. The number of nitrogens with one attached hydrogen (secondary N) is 1. The number of aromatic nitrogens is 3. The Morgan fingerprint density at radius 3 is 2.39 bits per heavy atom. The highest BCUT2D eigenvalue weighted by molar-refractivity contribution is 5.95. The third-order valence-corrected chi connectivity index (χ3v) is 7.22. The third-order valence-electron chi connectivity index (χ3n) is 7.22. The molecule has 2 aromatic heterocycles. The summed E-state index contributed by atoms with van der Waals surface area (Å²) in [4.78, 5) is 31.8. The van der Waals surface area contributed by atoms with Crippen LogP contribution in [-0.2, 0) is 9.47 Å².